The van der Waals surface area contributed by atoms with Crippen molar-refractivity contribution in [1.82, 2.24) is 10.6 Å². The van der Waals surface area contributed by atoms with Gasteiger partial charge >= 0.3 is 6.03 Å². The predicted octanol–water partition coefficient (Wildman–Crippen LogP) is 3.42. The Morgan fingerprint density at radius 2 is 1.63 bits per heavy atom. The fraction of sp³-hybridized carbons (Fsp3) is 0.750. The van der Waals surface area contributed by atoms with Gasteiger partial charge in [0.05, 0.1) is 17.7 Å². The third-order valence-corrected chi connectivity index (χ3v) is 18.0. The maximum Gasteiger partial charge on any atom is 0.323 e. The lowest BCUT2D eigenvalue weighted by atomic mass is 9.89. The van der Waals surface area contributed by atoms with E-state index in [1.807, 2.05) is 33.9 Å². The summed E-state index contributed by atoms with van der Waals surface area (Å²) in [5.74, 6) is -0.672. The molecule has 4 N–H and O–H groups in total. The maximum absolute atomic E-state index is 12.8. The monoisotopic (exact) mass is 591 g/mol. The van der Waals surface area contributed by atoms with E-state index in [1.165, 1.54) is 6.92 Å². The van der Waals surface area contributed by atoms with Crippen LogP contribution >= 0.6 is 0 Å². The number of rotatable bonds is 7. The van der Waals surface area contributed by atoms with Crippen LogP contribution in [-0.4, -0.2) is 67.6 Å². The molecule has 4 atom stereocenters. The second kappa shape index (κ2) is 10.4. The molecule has 0 aliphatic carbocycles. The van der Waals surface area contributed by atoms with Gasteiger partial charge in [-0.1, -0.05) is 48.1 Å². The SMILES string of the molecule is C=C(C)C(=O)NC(=O)N[C@H]1O[C@H](CO[Si](C)(C)C(C)(C)C)[C@@]2(OS(=O)(=O)C=C2N)[C@H]1O[Si](C)(C)C(C)(C)C. The number of urea groups is 1. The molecule has 0 aromatic carbocycles. The van der Waals surface area contributed by atoms with E-state index in [1.54, 1.807) is 0 Å². The molecule has 11 nitrogen and oxygen atoms in total. The van der Waals surface area contributed by atoms with Gasteiger partial charge in [-0.05, 0) is 43.2 Å². The van der Waals surface area contributed by atoms with Crippen molar-refractivity contribution < 1.29 is 35.8 Å². The number of ether oxygens (including phenoxy) is 1. The van der Waals surface area contributed by atoms with E-state index in [0.29, 0.717) is 0 Å². The Balaban J connectivity index is 2.58. The molecule has 0 aromatic heterocycles. The molecule has 38 heavy (non-hydrogen) atoms. The molecule has 3 amide bonds. The number of carbonyl (C=O) groups excluding carboxylic acids is 2. The zero-order valence-corrected chi connectivity index (χ0v) is 27.3. The molecule has 0 aromatic rings. The number of hydrogen-bond donors (Lipinski definition) is 3. The zero-order valence-electron chi connectivity index (χ0n) is 24.5. The Morgan fingerprint density at radius 3 is 2.05 bits per heavy atom. The lowest BCUT2D eigenvalue weighted by molar-refractivity contribution is -0.116. The van der Waals surface area contributed by atoms with Gasteiger partial charge in [0.25, 0.3) is 16.0 Å². The van der Waals surface area contributed by atoms with E-state index in [4.69, 9.17) is 23.5 Å². The highest BCUT2D eigenvalue weighted by atomic mass is 32.2. The van der Waals surface area contributed by atoms with Crippen LogP contribution in [0.5, 0.6) is 0 Å². The summed E-state index contributed by atoms with van der Waals surface area (Å²) in [5.41, 5.74) is 4.62. The molecule has 2 heterocycles. The Kier molecular flexibility index (Phi) is 8.98. The summed E-state index contributed by atoms with van der Waals surface area (Å²) < 4.78 is 50.4. The first-order valence-corrected chi connectivity index (χ1v) is 19.8. The first-order chi connectivity index (χ1) is 16.9. The van der Waals surface area contributed by atoms with Crippen molar-refractivity contribution in [2.24, 2.45) is 5.73 Å². The molecule has 1 fully saturated rings. The number of nitrogens with two attached hydrogens (primary N) is 1. The van der Waals surface area contributed by atoms with Crippen LogP contribution in [0.25, 0.3) is 0 Å². The minimum absolute atomic E-state index is 0.0532. The van der Waals surface area contributed by atoms with Gasteiger partial charge in [-0.15, -0.1) is 0 Å². The van der Waals surface area contributed by atoms with Crippen molar-refractivity contribution in [3.8, 4) is 0 Å². The molecule has 2 aliphatic heterocycles. The third-order valence-electron chi connectivity index (χ3n) is 7.98. The minimum Gasteiger partial charge on any atom is -0.414 e. The summed E-state index contributed by atoms with van der Waals surface area (Å²) in [6.07, 6.45) is -3.41. The average Bonchev–Trinajstić information content (AvgIpc) is 3.10. The molecule has 14 heteroatoms. The fourth-order valence-corrected chi connectivity index (χ4v) is 7.03. The second-order valence-corrected chi connectivity index (χ2v) is 24.0. The van der Waals surface area contributed by atoms with Crippen molar-refractivity contribution in [2.75, 3.05) is 6.61 Å². The van der Waals surface area contributed by atoms with E-state index in [-0.39, 0.29) is 28.0 Å². The Hall–Kier alpha value is -1.56. The van der Waals surface area contributed by atoms with Crippen LogP contribution in [0.4, 0.5) is 4.79 Å². The molecular formula is C24H45N3O8SSi2. The number of nitrogens with one attached hydrogen (secondary N) is 2. The summed E-state index contributed by atoms with van der Waals surface area (Å²) in [5, 5.41) is 5.21. The summed E-state index contributed by atoms with van der Waals surface area (Å²) in [6, 6.07) is -0.864. The van der Waals surface area contributed by atoms with Crippen molar-refractivity contribution >= 4 is 38.7 Å². The van der Waals surface area contributed by atoms with Gasteiger partial charge in [0.2, 0.25) is 0 Å². The summed E-state index contributed by atoms with van der Waals surface area (Å²) in [6.45, 7) is 25.3. The lowest BCUT2D eigenvalue weighted by Crippen LogP contribution is -2.61. The quantitative estimate of drug-likeness (QED) is 0.229. The van der Waals surface area contributed by atoms with E-state index >= 15 is 0 Å². The van der Waals surface area contributed by atoms with Gasteiger partial charge in [0, 0.05) is 5.57 Å². The predicted molar refractivity (Wildman–Crippen MR) is 150 cm³/mol. The van der Waals surface area contributed by atoms with Crippen molar-refractivity contribution in [2.45, 2.75) is 109 Å². The molecule has 0 radical (unpaired) electrons. The molecule has 1 spiro atoms. The van der Waals surface area contributed by atoms with Crippen LogP contribution in [-0.2, 0) is 32.7 Å². The molecule has 1 saturated heterocycles. The molecule has 2 rings (SSSR count). The van der Waals surface area contributed by atoms with Crippen molar-refractivity contribution in [1.29, 1.82) is 0 Å². The number of carbonyl (C=O) groups is 2. The van der Waals surface area contributed by atoms with Gasteiger partial charge < -0.3 is 24.6 Å². The lowest BCUT2D eigenvalue weighted by Gasteiger charge is -2.43. The van der Waals surface area contributed by atoms with Crippen LogP contribution in [0.3, 0.4) is 0 Å². The first kappa shape index (κ1) is 32.7. The number of hydrogen-bond acceptors (Lipinski definition) is 9. The van der Waals surface area contributed by atoms with Crippen LogP contribution in [0.2, 0.25) is 36.3 Å². The number of imide groups is 1. The van der Waals surface area contributed by atoms with Crippen LogP contribution in [0.15, 0.2) is 23.3 Å². The summed E-state index contributed by atoms with van der Waals surface area (Å²) in [4.78, 5) is 24.8. The molecule has 218 valence electrons. The van der Waals surface area contributed by atoms with E-state index in [9.17, 15) is 18.0 Å². The van der Waals surface area contributed by atoms with Gasteiger partial charge in [-0.3, -0.25) is 10.1 Å². The Labute approximate surface area is 229 Å². The highest BCUT2D eigenvalue weighted by Gasteiger charge is 2.67. The van der Waals surface area contributed by atoms with Crippen molar-refractivity contribution in [3.05, 3.63) is 23.3 Å². The first-order valence-electron chi connectivity index (χ1n) is 12.5. The normalized spacial score (nSPS) is 27.8. The molecular weight excluding hydrogens is 547 g/mol. The molecule has 0 bridgehead atoms. The summed E-state index contributed by atoms with van der Waals surface area (Å²) in [7, 11) is -9.12. The van der Waals surface area contributed by atoms with E-state index in [2.05, 4.69) is 51.1 Å². The van der Waals surface area contributed by atoms with Gasteiger partial charge in [-0.25, -0.2) is 8.98 Å². The Morgan fingerprint density at radius 1 is 1.11 bits per heavy atom. The topological polar surface area (TPSA) is 155 Å². The molecule has 0 saturated carbocycles. The minimum atomic E-state index is -4.18. The standard InChI is InChI=1S/C24H45N3O8SSi2/c1-15(2)19(28)26-21(29)27-20-18(34-38(11,12)23(6,7)8)24(16(25)14-36(30,31)35-24)17(33-20)13-32-37(9,10)22(3,4)5/h14,17-18,20H,1,13,25H2,2-12H3,(H2,26,27,28,29)/t17-,18+,20+,24-/m1/s1. The summed E-state index contributed by atoms with van der Waals surface area (Å²) >= 11 is 0. The zero-order chi connectivity index (χ0) is 29.7. The van der Waals surface area contributed by atoms with Crippen LogP contribution < -0.4 is 16.4 Å². The maximum atomic E-state index is 12.8. The fourth-order valence-electron chi connectivity index (χ4n) is 3.51. The third kappa shape index (κ3) is 6.59. The highest BCUT2D eigenvalue weighted by molar-refractivity contribution is 7.90. The number of amides is 3. The van der Waals surface area contributed by atoms with Crippen LogP contribution in [0.1, 0.15) is 48.5 Å². The average molecular weight is 592 g/mol. The second-order valence-electron chi connectivity index (χ2n) is 13.1. The van der Waals surface area contributed by atoms with Crippen molar-refractivity contribution in [3.63, 3.8) is 0 Å². The van der Waals surface area contributed by atoms with Gasteiger partial charge in [0.1, 0.15) is 12.2 Å². The highest BCUT2D eigenvalue weighted by Crippen LogP contribution is 2.49. The smallest absolute Gasteiger partial charge is 0.323 e. The van der Waals surface area contributed by atoms with E-state index < -0.39 is 62.7 Å². The van der Waals surface area contributed by atoms with Gasteiger partial charge in [-0.2, -0.15) is 8.42 Å². The molecule has 0 unspecified atom stereocenters. The molecule has 2 aliphatic rings. The van der Waals surface area contributed by atoms with E-state index in [0.717, 1.165) is 5.41 Å². The van der Waals surface area contributed by atoms with Gasteiger partial charge in [0.15, 0.2) is 28.5 Å². The largest absolute Gasteiger partial charge is 0.414 e. The van der Waals surface area contributed by atoms with Crippen LogP contribution in [0, 0.1) is 0 Å². The Bertz CT molecular complexity index is 1110.